The third kappa shape index (κ3) is 3.03. The smallest absolute Gasteiger partial charge is 0.315 e. The monoisotopic (exact) mass is 357 g/mol. The van der Waals surface area contributed by atoms with Crippen molar-refractivity contribution < 1.29 is 19.2 Å². The van der Waals surface area contributed by atoms with E-state index in [0.717, 1.165) is 0 Å². The average molecular weight is 357 g/mol. The Morgan fingerprint density at radius 3 is 2.77 bits per heavy atom. The van der Waals surface area contributed by atoms with Crippen molar-refractivity contribution in [1.82, 2.24) is 4.90 Å². The van der Waals surface area contributed by atoms with E-state index in [-0.39, 0.29) is 18.0 Å². The number of Topliss-reactive ketones (excluding diaryl/α,β-unsaturated/α-hetero) is 1. The summed E-state index contributed by atoms with van der Waals surface area (Å²) in [6.07, 6.45) is 0. The zero-order valence-corrected chi connectivity index (χ0v) is 14.8. The highest BCUT2D eigenvalue weighted by Crippen LogP contribution is 2.42. The number of ketones is 1. The van der Waals surface area contributed by atoms with Crippen LogP contribution in [-0.4, -0.2) is 54.5 Å². The van der Waals surface area contributed by atoms with Crippen molar-refractivity contribution in [1.29, 1.82) is 0 Å². The van der Waals surface area contributed by atoms with Crippen molar-refractivity contribution >= 4 is 23.2 Å². The molecule has 0 spiro atoms. The molecule has 0 saturated carbocycles. The molecule has 0 fully saturated rings. The SMILES string of the molecule is COC(=O)C1C(C)=NC2=C(C(=O)CN(C)C2)C1c1cccc([N+](=O)[O-])c1. The number of esters is 1. The molecule has 2 atom stereocenters. The number of carbonyl (C=O) groups is 2. The molecule has 0 radical (unpaired) electrons. The third-order valence-corrected chi connectivity index (χ3v) is 4.75. The Labute approximate surface area is 150 Å². The Hall–Kier alpha value is -2.87. The van der Waals surface area contributed by atoms with Gasteiger partial charge in [0.2, 0.25) is 0 Å². The quantitative estimate of drug-likeness (QED) is 0.464. The first-order valence-electron chi connectivity index (χ1n) is 8.15. The minimum Gasteiger partial charge on any atom is -0.468 e. The van der Waals surface area contributed by atoms with Crippen LogP contribution in [-0.2, 0) is 14.3 Å². The number of nitro benzene ring substituents is 1. The lowest BCUT2D eigenvalue weighted by atomic mass is 9.73. The van der Waals surface area contributed by atoms with E-state index in [9.17, 15) is 19.7 Å². The summed E-state index contributed by atoms with van der Waals surface area (Å²) in [7, 11) is 3.10. The summed E-state index contributed by atoms with van der Waals surface area (Å²) in [5.41, 5.74) is 2.04. The molecule has 2 heterocycles. The average Bonchev–Trinajstić information content (AvgIpc) is 2.59. The number of hydrogen-bond acceptors (Lipinski definition) is 7. The van der Waals surface area contributed by atoms with Crippen molar-refractivity contribution in [2.45, 2.75) is 12.8 Å². The molecule has 0 bridgehead atoms. The molecular formula is C18H19N3O5. The van der Waals surface area contributed by atoms with Gasteiger partial charge < -0.3 is 4.74 Å². The van der Waals surface area contributed by atoms with Crippen LogP contribution in [0.5, 0.6) is 0 Å². The van der Waals surface area contributed by atoms with Crippen molar-refractivity contribution in [3.05, 3.63) is 51.2 Å². The Balaban J connectivity index is 2.20. The van der Waals surface area contributed by atoms with E-state index >= 15 is 0 Å². The Bertz CT molecular complexity index is 858. The Kier molecular flexibility index (Phi) is 4.69. The minimum absolute atomic E-state index is 0.0891. The van der Waals surface area contributed by atoms with Crippen LogP contribution in [0.25, 0.3) is 0 Å². The summed E-state index contributed by atoms with van der Waals surface area (Å²) in [5.74, 6) is -2.07. The molecule has 8 nitrogen and oxygen atoms in total. The van der Waals surface area contributed by atoms with Crippen LogP contribution in [0.1, 0.15) is 18.4 Å². The molecule has 26 heavy (non-hydrogen) atoms. The summed E-state index contributed by atoms with van der Waals surface area (Å²) in [4.78, 5) is 42.2. The predicted molar refractivity (Wildman–Crippen MR) is 94.0 cm³/mol. The molecule has 1 aromatic carbocycles. The van der Waals surface area contributed by atoms with Crippen LogP contribution >= 0.6 is 0 Å². The maximum absolute atomic E-state index is 12.7. The van der Waals surface area contributed by atoms with Crippen molar-refractivity contribution in [2.24, 2.45) is 10.9 Å². The first kappa shape index (κ1) is 17.9. The number of methoxy groups -OCH3 is 1. The predicted octanol–water partition coefficient (Wildman–Crippen LogP) is 1.71. The number of aliphatic imine (C=N–C) groups is 1. The zero-order valence-electron chi connectivity index (χ0n) is 14.8. The number of carbonyl (C=O) groups excluding carboxylic acids is 2. The molecule has 0 N–H and O–H groups in total. The van der Waals surface area contributed by atoms with E-state index in [2.05, 4.69) is 4.99 Å². The molecule has 0 aliphatic carbocycles. The largest absolute Gasteiger partial charge is 0.468 e. The summed E-state index contributed by atoms with van der Waals surface area (Å²) in [6.45, 7) is 2.42. The molecule has 2 aliphatic rings. The van der Waals surface area contributed by atoms with Crippen LogP contribution in [0.3, 0.4) is 0 Å². The van der Waals surface area contributed by atoms with Crippen LogP contribution in [0.2, 0.25) is 0 Å². The van der Waals surface area contributed by atoms with Crippen LogP contribution in [0.15, 0.2) is 40.5 Å². The van der Waals surface area contributed by atoms with Gasteiger partial charge in [-0.2, -0.15) is 0 Å². The number of ether oxygens (including phenoxy) is 1. The van der Waals surface area contributed by atoms with Gasteiger partial charge in [-0.05, 0) is 19.5 Å². The van der Waals surface area contributed by atoms with E-state index < -0.39 is 22.7 Å². The van der Waals surface area contributed by atoms with E-state index in [0.29, 0.717) is 29.1 Å². The fraction of sp³-hybridized carbons (Fsp3) is 0.389. The van der Waals surface area contributed by atoms with Gasteiger partial charge in [0.15, 0.2) is 5.78 Å². The standard InChI is InChI=1S/C18H19N3O5/c1-10-15(18(23)26-3)16(11-5-4-6-12(7-11)21(24)25)17-13(19-10)8-20(2)9-14(17)22/h4-7,15-16H,8-9H2,1-3H3. The molecule has 1 aromatic rings. The van der Waals surface area contributed by atoms with Gasteiger partial charge >= 0.3 is 5.97 Å². The summed E-state index contributed by atoms with van der Waals surface area (Å²) >= 11 is 0. The number of likely N-dealkylation sites (N-methyl/N-ethyl adjacent to an activating group) is 1. The van der Waals surface area contributed by atoms with Gasteiger partial charge in [0.25, 0.3) is 5.69 Å². The van der Waals surface area contributed by atoms with Crippen molar-refractivity contribution in [3.8, 4) is 0 Å². The lowest BCUT2D eigenvalue weighted by Gasteiger charge is -2.36. The summed E-state index contributed by atoms with van der Waals surface area (Å²) in [5, 5.41) is 11.2. The fourth-order valence-corrected chi connectivity index (χ4v) is 3.65. The number of non-ortho nitro benzene ring substituents is 1. The molecule has 0 aromatic heterocycles. The molecule has 0 amide bonds. The molecule has 2 aliphatic heterocycles. The molecule has 3 rings (SSSR count). The summed E-state index contributed by atoms with van der Waals surface area (Å²) < 4.78 is 4.93. The maximum Gasteiger partial charge on any atom is 0.315 e. The molecule has 8 heteroatoms. The number of hydrogen-bond donors (Lipinski definition) is 0. The highest BCUT2D eigenvalue weighted by atomic mass is 16.6. The number of benzene rings is 1. The second kappa shape index (κ2) is 6.80. The lowest BCUT2D eigenvalue weighted by molar-refractivity contribution is -0.384. The van der Waals surface area contributed by atoms with Crippen LogP contribution < -0.4 is 0 Å². The van der Waals surface area contributed by atoms with Crippen molar-refractivity contribution in [3.63, 3.8) is 0 Å². The lowest BCUT2D eigenvalue weighted by Crippen LogP contribution is -2.43. The topological polar surface area (TPSA) is 102 Å². The number of nitro groups is 1. The van der Waals surface area contributed by atoms with E-state index in [4.69, 9.17) is 4.74 Å². The highest BCUT2D eigenvalue weighted by Gasteiger charge is 2.44. The van der Waals surface area contributed by atoms with Crippen molar-refractivity contribution in [2.75, 3.05) is 27.2 Å². The Morgan fingerprint density at radius 1 is 1.38 bits per heavy atom. The van der Waals surface area contributed by atoms with E-state index in [1.54, 1.807) is 19.1 Å². The van der Waals surface area contributed by atoms with Gasteiger partial charge in [-0.15, -0.1) is 0 Å². The second-order valence-electron chi connectivity index (χ2n) is 6.54. The number of rotatable bonds is 3. The molecule has 136 valence electrons. The molecular weight excluding hydrogens is 338 g/mol. The van der Waals surface area contributed by atoms with E-state index in [1.807, 2.05) is 11.9 Å². The molecule has 0 saturated heterocycles. The highest BCUT2D eigenvalue weighted by molar-refractivity contribution is 6.09. The maximum atomic E-state index is 12.7. The summed E-state index contributed by atoms with van der Waals surface area (Å²) in [6, 6.07) is 6.05. The first-order valence-corrected chi connectivity index (χ1v) is 8.15. The van der Waals surface area contributed by atoms with Gasteiger partial charge in [-0.25, -0.2) is 0 Å². The third-order valence-electron chi connectivity index (χ3n) is 4.75. The van der Waals surface area contributed by atoms with Gasteiger partial charge in [0, 0.05) is 35.9 Å². The minimum atomic E-state index is -0.784. The first-order chi connectivity index (χ1) is 12.3. The molecule has 2 unspecified atom stereocenters. The van der Waals surface area contributed by atoms with Gasteiger partial charge in [-0.1, -0.05) is 12.1 Å². The van der Waals surface area contributed by atoms with E-state index in [1.165, 1.54) is 19.2 Å². The van der Waals surface area contributed by atoms with Crippen LogP contribution in [0, 0.1) is 16.0 Å². The normalized spacial score (nSPS) is 23.3. The zero-order chi connectivity index (χ0) is 19.0. The van der Waals surface area contributed by atoms with Gasteiger partial charge in [-0.3, -0.25) is 29.6 Å². The van der Waals surface area contributed by atoms with Gasteiger partial charge in [0.1, 0.15) is 5.92 Å². The second-order valence-corrected chi connectivity index (χ2v) is 6.54. The number of nitrogens with zero attached hydrogens (tertiary/aromatic N) is 3. The van der Waals surface area contributed by atoms with Gasteiger partial charge in [0.05, 0.1) is 24.3 Å². The fourth-order valence-electron chi connectivity index (χ4n) is 3.65. The van der Waals surface area contributed by atoms with Crippen LogP contribution in [0.4, 0.5) is 5.69 Å². The Morgan fingerprint density at radius 2 is 2.12 bits per heavy atom.